The maximum absolute atomic E-state index is 12.9. The van der Waals surface area contributed by atoms with Gasteiger partial charge >= 0.3 is 17.9 Å². The number of ether oxygens (including phenoxy) is 6. The molecule has 135 heavy (non-hydrogen) atoms. The molecular weight excluding hydrogens is 1740 g/mol. The Labute approximate surface area is 775 Å². The molecule has 0 radical (unpaired) electrons. The van der Waals surface area contributed by atoms with Gasteiger partial charge in [0.1, 0.15) is 0 Å². The number of pyridine rings is 4. The summed E-state index contributed by atoms with van der Waals surface area (Å²) < 4.78 is 64.3. The number of aromatic nitrogens is 8. The third kappa shape index (κ3) is 22.5. The summed E-state index contributed by atoms with van der Waals surface area (Å²) in [5.74, 6) is -8.76. The lowest BCUT2D eigenvalue weighted by molar-refractivity contribution is -0.146. The van der Waals surface area contributed by atoms with Crippen molar-refractivity contribution >= 4 is 113 Å². The van der Waals surface area contributed by atoms with Crippen molar-refractivity contribution in [1.29, 1.82) is 0 Å². The first kappa shape index (κ1) is 95.6. The van der Waals surface area contributed by atoms with Crippen LogP contribution in [0.5, 0.6) is 23.5 Å². The van der Waals surface area contributed by atoms with Gasteiger partial charge in [0.25, 0.3) is 41.0 Å². The molecule has 32 heteroatoms. The summed E-state index contributed by atoms with van der Waals surface area (Å²) >= 11 is 0. The number of nitrogens with zero attached hydrogens (tertiary/aromatic N) is 8. The number of hydrogen-bond acceptors (Lipinski definition) is 22. The molecule has 4 amide bonds. The number of aliphatic carboxylic acids is 1. The number of amides is 4. The van der Waals surface area contributed by atoms with Crippen molar-refractivity contribution in [1.82, 2.24) is 42.9 Å². The molecule has 0 aliphatic carbocycles. The van der Waals surface area contributed by atoms with E-state index >= 15 is 0 Å². The standard InChI is InChI=1S/C27H25N3O5.C26H24N4O6S.C25H21N3O5.C25H24N2O3/c1-3-34-22(31)16-35-27-24-21(13-14-29-27)30(17(2)23(24)25(32)26(28)33)15-19-11-7-8-12-20(19)18-9-5-4-6-10-18;1-16-22(24(32)25(27)33)23-20(12-13-28-26(23)36-15-21(31)29-37(2,34)35)30(16)14-18-10-6-7-11-19(18)17-8-4-3-5-9-17;1-15-21(23(31)24(26)32)22-19(11-12-27-25(22)33-14-20(29)30)28(15)13-17-9-5-6-10-18(17)16-7-3-2-4-8-16;1-3-29-24(28)17-30-25-22-15-18(2)27(23(22)13-14-26-25)16-20-11-7-8-12-21(20)19-9-5-4-6-10-19/h4-14H,3,15-16H2,1-2H3,(H2,28,33);3-13H,14-15H2,1-2H3,(H2,27,33)(H,29,31);2-12H,13-14H2,1H3,(H2,26,32)(H,29,30);4-15H,3,16-17H2,1-2H3. The van der Waals surface area contributed by atoms with Gasteiger partial charge in [0, 0.05) is 73.7 Å². The Morgan fingerprint density at radius 3 is 0.933 bits per heavy atom. The first-order valence-electron chi connectivity index (χ1n) is 42.5. The van der Waals surface area contributed by atoms with Gasteiger partial charge in [-0.3, -0.25) is 38.3 Å². The third-order valence-electron chi connectivity index (χ3n) is 21.9. The van der Waals surface area contributed by atoms with Crippen LogP contribution in [0.2, 0.25) is 0 Å². The molecule has 8 heterocycles. The summed E-state index contributed by atoms with van der Waals surface area (Å²) in [7, 11) is -3.79. The first-order chi connectivity index (χ1) is 65.0. The zero-order valence-electron chi connectivity index (χ0n) is 74.6. The van der Waals surface area contributed by atoms with Crippen molar-refractivity contribution in [3.63, 3.8) is 0 Å². The molecule has 0 unspecified atom stereocenters. The van der Waals surface area contributed by atoms with Gasteiger partial charge in [-0.15, -0.1) is 0 Å². The molecule has 0 fully saturated rings. The number of primary amides is 3. The van der Waals surface area contributed by atoms with Crippen molar-refractivity contribution in [2.75, 3.05) is 45.9 Å². The number of rotatable bonds is 33. The minimum Gasteiger partial charge on any atom is -0.479 e. The summed E-state index contributed by atoms with van der Waals surface area (Å²) in [6.07, 6.45) is 6.98. The van der Waals surface area contributed by atoms with Crippen LogP contribution in [0.25, 0.3) is 88.1 Å². The van der Waals surface area contributed by atoms with Gasteiger partial charge in [0.05, 0.1) is 79.8 Å². The fourth-order valence-electron chi connectivity index (χ4n) is 16.0. The van der Waals surface area contributed by atoms with Crippen LogP contribution >= 0.6 is 0 Å². The van der Waals surface area contributed by atoms with Crippen molar-refractivity contribution < 1.29 is 89.9 Å². The number of sulfonamides is 1. The summed E-state index contributed by atoms with van der Waals surface area (Å²) in [5, 5.41) is 10.7. The second-order valence-electron chi connectivity index (χ2n) is 30.7. The Bertz CT molecular complexity index is 7300. The Hall–Kier alpha value is -17.0. The number of fused-ring (bicyclic) bond motifs is 4. The fraction of sp³-hybridized carbons (Fsp3) is 0.165. The smallest absolute Gasteiger partial charge is 0.344 e. The van der Waals surface area contributed by atoms with Crippen LogP contribution in [0, 0.1) is 27.7 Å². The number of nitrogens with two attached hydrogens (primary N) is 3. The lowest BCUT2D eigenvalue weighted by Crippen LogP contribution is -2.33. The van der Waals surface area contributed by atoms with E-state index in [0.717, 1.165) is 79.5 Å². The molecule has 686 valence electrons. The molecular formula is C103H94N12O19S. The number of carboxylic acid groups (broad SMARTS) is 1. The second kappa shape index (κ2) is 43.6. The molecule has 8 aromatic carbocycles. The van der Waals surface area contributed by atoms with Gasteiger partial charge in [-0.25, -0.2) is 42.7 Å². The average molecular weight is 1840 g/mol. The summed E-state index contributed by atoms with van der Waals surface area (Å²) in [5.41, 5.74) is 34.3. The Morgan fingerprint density at radius 2 is 0.630 bits per heavy atom. The topological polar surface area (TPSA) is 442 Å². The molecule has 16 aromatic rings. The maximum Gasteiger partial charge on any atom is 0.344 e. The molecule has 8 aromatic heterocycles. The highest BCUT2D eigenvalue weighted by Crippen LogP contribution is 2.40. The van der Waals surface area contributed by atoms with E-state index in [1.54, 1.807) is 63.7 Å². The van der Waals surface area contributed by atoms with Crippen LogP contribution in [0.3, 0.4) is 0 Å². The minimum absolute atomic E-state index is 0.00585. The third-order valence-corrected chi connectivity index (χ3v) is 22.5. The monoisotopic (exact) mass is 1830 g/mol. The molecule has 0 spiro atoms. The molecule has 8 N–H and O–H groups in total. The van der Waals surface area contributed by atoms with E-state index in [1.807, 2.05) is 196 Å². The number of ketones is 3. The number of aryl methyl sites for hydroxylation is 1. The second-order valence-corrected chi connectivity index (χ2v) is 32.5. The molecule has 0 aliphatic heterocycles. The van der Waals surface area contributed by atoms with Gasteiger partial charge in [-0.2, -0.15) is 0 Å². The number of esters is 2. The van der Waals surface area contributed by atoms with E-state index in [4.69, 9.17) is 50.7 Å². The van der Waals surface area contributed by atoms with Gasteiger partial charge in [-0.1, -0.05) is 218 Å². The summed E-state index contributed by atoms with van der Waals surface area (Å²) in [6, 6.07) is 81.4. The van der Waals surface area contributed by atoms with E-state index in [1.165, 1.54) is 35.3 Å². The summed E-state index contributed by atoms with van der Waals surface area (Å²) in [4.78, 5) is 137. The van der Waals surface area contributed by atoms with Crippen LogP contribution in [-0.2, 0) is 79.2 Å². The van der Waals surface area contributed by atoms with Crippen molar-refractivity contribution in [3.8, 4) is 68.0 Å². The Balaban J connectivity index is 0.000000153. The van der Waals surface area contributed by atoms with Crippen molar-refractivity contribution in [3.05, 3.63) is 335 Å². The highest BCUT2D eigenvalue weighted by atomic mass is 32.2. The average Bonchev–Trinajstić information content (AvgIpc) is 1.61. The van der Waals surface area contributed by atoms with Gasteiger partial charge in [0.2, 0.25) is 33.5 Å². The number of carbonyl (C=O) groups excluding carboxylic acids is 9. The van der Waals surface area contributed by atoms with Crippen LogP contribution in [0.4, 0.5) is 0 Å². The Kier molecular flexibility index (Phi) is 30.9. The van der Waals surface area contributed by atoms with Crippen LogP contribution in [0.15, 0.2) is 274 Å². The van der Waals surface area contributed by atoms with Crippen LogP contribution in [-0.4, -0.2) is 157 Å². The minimum atomic E-state index is -3.79. The molecule has 0 aliphatic rings. The van der Waals surface area contributed by atoms with Crippen molar-refractivity contribution in [2.24, 2.45) is 17.2 Å². The van der Waals surface area contributed by atoms with E-state index in [0.29, 0.717) is 71.1 Å². The van der Waals surface area contributed by atoms with Gasteiger partial charge in [-0.05, 0) is 139 Å². The first-order valence-corrected chi connectivity index (χ1v) is 44.4. The predicted octanol–water partition coefficient (Wildman–Crippen LogP) is 14.0. The lowest BCUT2D eigenvalue weighted by Gasteiger charge is -2.14. The van der Waals surface area contributed by atoms with Gasteiger partial charge in [0.15, 0.2) is 26.4 Å². The molecule has 0 saturated heterocycles. The van der Waals surface area contributed by atoms with E-state index in [9.17, 15) is 56.4 Å². The number of hydrogen-bond donors (Lipinski definition) is 5. The number of carboxylic acids is 1. The summed E-state index contributed by atoms with van der Waals surface area (Å²) in [6.45, 7) is 11.2. The van der Waals surface area contributed by atoms with E-state index < -0.39 is 82.1 Å². The normalized spacial score (nSPS) is 11.0. The lowest BCUT2D eigenvalue weighted by atomic mass is 9.99. The highest BCUT2D eigenvalue weighted by Gasteiger charge is 2.32. The fourth-order valence-corrected chi connectivity index (χ4v) is 16.5. The number of nitrogens with one attached hydrogen (secondary N) is 1. The quantitative estimate of drug-likeness (QED) is 0.0145. The van der Waals surface area contributed by atoms with Crippen molar-refractivity contribution in [2.45, 2.75) is 67.7 Å². The zero-order valence-corrected chi connectivity index (χ0v) is 75.4. The zero-order chi connectivity index (χ0) is 96.1. The highest BCUT2D eigenvalue weighted by molar-refractivity contribution is 7.89. The largest absolute Gasteiger partial charge is 0.479 e. The number of benzene rings is 8. The SMILES string of the molecule is CCOC(=O)COc1nccc2c1c(C(=O)C(N)=O)c(C)n2Cc1ccccc1-c1ccccc1.CCOC(=O)COc1nccc2c1cc(C)n2Cc1ccccc1-c1ccccc1.Cc1c(C(=O)C(N)=O)c2c(OCC(=O)NS(C)(=O)=O)nccc2n1Cc1ccccc1-c1ccccc1.Cc1c(C(=O)C(N)=O)c2c(OCC(=O)O)nccc2n1Cc1ccccc1-c1ccccc1. The van der Waals surface area contributed by atoms with Gasteiger partial charge < -0.3 is 69.0 Å². The molecule has 31 nitrogen and oxygen atoms in total. The molecule has 0 atom stereocenters. The molecule has 16 rings (SSSR count). The molecule has 0 bridgehead atoms. The number of carbonyl (C=O) groups is 10. The maximum atomic E-state index is 12.9. The molecule has 0 saturated carbocycles. The van der Waals surface area contributed by atoms with E-state index in [-0.39, 0.29) is 64.9 Å². The van der Waals surface area contributed by atoms with Crippen LogP contribution in [0.1, 0.15) is 90.0 Å². The Morgan fingerprint density at radius 1 is 0.356 bits per heavy atom. The van der Waals surface area contributed by atoms with Crippen LogP contribution < -0.4 is 40.9 Å². The number of Topliss-reactive ketones (excluding diaryl/α,β-unsaturated/α-hetero) is 3. The predicted molar refractivity (Wildman–Crippen MR) is 508 cm³/mol. The van der Waals surface area contributed by atoms with E-state index in [2.05, 4.69) is 80.0 Å².